The van der Waals surface area contributed by atoms with Crippen molar-refractivity contribution >= 4 is 5.91 Å². The third-order valence-corrected chi connectivity index (χ3v) is 4.20. The van der Waals surface area contributed by atoms with Crippen LogP contribution in [0.25, 0.3) is 0 Å². The molecule has 0 bridgehead atoms. The molecule has 0 atom stereocenters. The van der Waals surface area contributed by atoms with E-state index in [1.807, 2.05) is 0 Å². The van der Waals surface area contributed by atoms with Crippen LogP contribution in [0, 0.1) is 0 Å². The van der Waals surface area contributed by atoms with Gasteiger partial charge in [-0.15, -0.1) is 0 Å². The lowest BCUT2D eigenvalue weighted by molar-refractivity contribution is -0.407. The zero-order valence-electron chi connectivity index (χ0n) is 14.8. The van der Waals surface area contributed by atoms with E-state index < -0.39 is 48.5 Å². The van der Waals surface area contributed by atoms with E-state index in [1.54, 1.807) is 4.90 Å². The maximum Gasteiger partial charge on any atom is 0.392 e. The molecule has 0 radical (unpaired) electrons. The van der Waals surface area contributed by atoms with Gasteiger partial charge in [-0.1, -0.05) is 0 Å². The second-order valence-electron chi connectivity index (χ2n) is 6.28. The fourth-order valence-electron chi connectivity index (χ4n) is 2.32. The Balaban J connectivity index is 2.89. The lowest BCUT2D eigenvalue weighted by Gasteiger charge is -2.38. The van der Waals surface area contributed by atoms with Crippen LogP contribution in [0.3, 0.4) is 0 Å². The predicted octanol–water partition coefficient (Wildman–Crippen LogP) is 3.27. The molecule has 1 N–H and O–H groups in total. The Morgan fingerprint density at radius 3 is 1.83 bits per heavy atom. The number of nitrogens with one attached hydrogen (secondary N) is 1. The average molecular weight is 472 g/mol. The van der Waals surface area contributed by atoms with E-state index in [0.29, 0.717) is 26.3 Å². The molecule has 0 saturated carbocycles. The Bertz CT molecular complexity index is 593. The summed E-state index contributed by atoms with van der Waals surface area (Å²) in [7, 11) is 0. The van der Waals surface area contributed by atoms with Crippen LogP contribution < -0.4 is 5.32 Å². The number of ether oxygens (including phenoxy) is 1. The minimum atomic E-state index is -7.71. The van der Waals surface area contributed by atoms with Crippen LogP contribution >= 0.6 is 0 Å². The summed E-state index contributed by atoms with van der Waals surface area (Å²) in [6.07, 6.45) is -5.74. The van der Waals surface area contributed by atoms with Gasteiger partial charge in [-0.25, -0.2) is 8.78 Å². The largest absolute Gasteiger partial charge is 0.392 e. The number of carbonyl (C=O) groups is 1. The molecule has 0 aromatic carbocycles. The molecule has 0 aromatic rings. The maximum absolute atomic E-state index is 13.6. The molecule has 1 aliphatic rings. The first-order valence-corrected chi connectivity index (χ1v) is 8.20. The Kier molecular flexibility index (Phi) is 7.94. The molecule has 0 unspecified atom stereocenters. The molecular formula is C14H16F12N2O2. The van der Waals surface area contributed by atoms with Gasteiger partial charge in [-0.05, 0) is 13.0 Å². The van der Waals surface area contributed by atoms with Crippen molar-refractivity contribution in [2.24, 2.45) is 0 Å². The van der Waals surface area contributed by atoms with Gasteiger partial charge in [0.25, 0.3) is 5.91 Å². The maximum atomic E-state index is 13.6. The number of alkyl halides is 12. The fraction of sp³-hybridized carbons (Fsp3) is 0.929. The molecule has 0 spiro atoms. The number of halogens is 12. The number of morpholine rings is 1. The van der Waals surface area contributed by atoms with Crippen molar-refractivity contribution in [2.75, 3.05) is 39.4 Å². The molecule has 0 aliphatic carbocycles. The van der Waals surface area contributed by atoms with E-state index in [4.69, 9.17) is 4.74 Å². The number of rotatable bonds is 10. The second-order valence-corrected chi connectivity index (χ2v) is 6.28. The third-order valence-electron chi connectivity index (χ3n) is 4.20. The quantitative estimate of drug-likeness (QED) is 0.392. The standard InChI is InChI=1S/C14H16F12N2O2/c15-8(16)10(17,18)12(21,22)14(25,26)13(23,24)11(19,20)9(29)27-2-1-3-28-4-6-30-7-5-28/h8H,1-7H2,(H,27,29). The molecular weight excluding hydrogens is 456 g/mol. The summed E-state index contributed by atoms with van der Waals surface area (Å²) in [6.45, 7) is 0.869. The van der Waals surface area contributed by atoms with Crippen LogP contribution in [0.4, 0.5) is 52.7 Å². The van der Waals surface area contributed by atoms with Gasteiger partial charge in [0.2, 0.25) is 0 Å². The van der Waals surface area contributed by atoms with E-state index in [2.05, 4.69) is 0 Å². The van der Waals surface area contributed by atoms with Crippen molar-refractivity contribution in [2.45, 2.75) is 42.5 Å². The van der Waals surface area contributed by atoms with Gasteiger partial charge in [0.05, 0.1) is 13.2 Å². The van der Waals surface area contributed by atoms with Gasteiger partial charge >= 0.3 is 36.0 Å². The van der Waals surface area contributed by atoms with Gasteiger partial charge in [-0.2, -0.15) is 43.9 Å². The highest BCUT2D eigenvalue weighted by molar-refractivity contribution is 5.84. The zero-order valence-corrected chi connectivity index (χ0v) is 14.8. The van der Waals surface area contributed by atoms with Crippen LogP contribution in [-0.4, -0.2) is 86.2 Å². The number of hydrogen-bond donors (Lipinski definition) is 1. The van der Waals surface area contributed by atoms with Crippen molar-refractivity contribution in [3.05, 3.63) is 0 Å². The van der Waals surface area contributed by atoms with E-state index >= 15 is 0 Å². The zero-order chi connectivity index (χ0) is 23.6. The van der Waals surface area contributed by atoms with Crippen molar-refractivity contribution in [1.82, 2.24) is 10.2 Å². The number of nitrogens with zero attached hydrogens (tertiary/aromatic N) is 1. The van der Waals surface area contributed by atoms with Gasteiger partial charge in [0.15, 0.2) is 0 Å². The third kappa shape index (κ3) is 4.57. The molecule has 1 amide bonds. The average Bonchev–Trinajstić information content (AvgIpc) is 2.64. The monoisotopic (exact) mass is 472 g/mol. The van der Waals surface area contributed by atoms with Gasteiger partial charge < -0.3 is 10.1 Å². The summed E-state index contributed by atoms with van der Waals surface area (Å²) in [5.74, 6) is -39.6. The highest BCUT2D eigenvalue weighted by Crippen LogP contribution is 2.58. The van der Waals surface area contributed by atoms with E-state index in [9.17, 15) is 57.5 Å². The summed E-state index contributed by atoms with van der Waals surface area (Å²) >= 11 is 0. The Morgan fingerprint density at radius 2 is 1.37 bits per heavy atom. The summed E-state index contributed by atoms with van der Waals surface area (Å²) < 4.78 is 161. The first kappa shape index (κ1) is 26.6. The van der Waals surface area contributed by atoms with E-state index in [-0.39, 0.29) is 13.0 Å². The molecule has 16 heteroatoms. The molecule has 30 heavy (non-hydrogen) atoms. The van der Waals surface area contributed by atoms with E-state index in [1.165, 1.54) is 0 Å². The topological polar surface area (TPSA) is 41.6 Å². The predicted molar refractivity (Wildman–Crippen MR) is 75.6 cm³/mol. The SMILES string of the molecule is O=C(NCCCN1CCOCC1)C(F)(F)C(F)(F)C(F)(F)C(F)(F)C(F)(F)C(F)F. The van der Waals surface area contributed by atoms with Crippen LogP contribution in [0.15, 0.2) is 0 Å². The normalized spacial score (nSPS) is 18.0. The Hall–Kier alpha value is -1.45. The molecule has 1 fully saturated rings. The fourth-order valence-corrected chi connectivity index (χ4v) is 2.32. The van der Waals surface area contributed by atoms with Crippen molar-refractivity contribution in [3.8, 4) is 0 Å². The van der Waals surface area contributed by atoms with Crippen molar-refractivity contribution in [1.29, 1.82) is 0 Å². The minimum Gasteiger partial charge on any atom is -0.379 e. The second kappa shape index (κ2) is 8.96. The first-order valence-electron chi connectivity index (χ1n) is 8.20. The minimum absolute atomic E-state index is 0.139. The van der Waals surface area contributed by atoms with Gasteiger partial charge in [0.1, 0.15) is 0 Å². The molecule has 4 nitrogen and oxygen atoms in total. The van der Waals surface area contributed by atoms with Gasteiger partial charge in [-0.3, -0.25) is 9.69 Å². The molecule has 178 valence electrons. The summed E-state index contributed by atoms with van der Waals surface area (Å²) in [5, 5.41) is 1.11. The van der Waals surface area contributed by atoms with Crippen molar-refractivity contribution in [3.63, 3.8) is 0 Å². The summed E-state index contributed by atoms with van der Waals surface area (Å²) in [4.78, 5) is 12.9. The van der Waals surface area contributed by atoms with E-state index in [0.717, 1.165) is 5.32 Å². The summed E-state index contributed by atoms with van der Waals surface area (Å²) in [5.41, 5.74) is 0. The Morgan fingerprint density at radius 1 is 0.867 bits per heavy atom. The smallest absolute Gasteiger partial charge is 0.379 e. The van der Waals surface area contributed by atoms with Crippen molar-refractivity contribution < 1.29 is 62.2 Å². The molecule has 1 aliphatic heterocycles. The lowest BCUT2D eigenvalue weighted by Crippen LogP contribution is -2.70. The summed E-state index contributed by atoms with van der Waals surface area (Å²) in [6, 6.07) is 0. The van der Waals surface area contributed by atoms with Crippen LogP contribution in [0.5, 0.6) is 0 Å². The van der Waals surface area contributed by atoms with Crippen LogP contribution in [0.1, 0.15) is 6.42 Å². The van der Waals surface area contributed by atoms with Gasteiger partial charge in [0, 0.05) is 19.6 Å². The molecule has 0 aromatic heterocycles. The highest BCUT2D eigenvalue weighted by atomic mass is 19.4. The lowest BCUT2D eigenvalue weighted by atomic mass is 9.94. The van der Waals surface area contributed by atoms with Crippen LogP contribution in [0.2, 0.25) is 0 Å². The number of carbonyl (C=O) groups excluding carboxylic acids is 1. The first-order chi connectivity index (χ1) is 13.4. The number of hydrogen-bond acceptors (Lipinski definition) is 3. The highest BCUT2D eigenvalue weighted by Gasteiger charge is 2.89. The molecule has 1 heterocycles. The number of amides is 1. The van der Waals surface area contributed by atoms with Crippen LogP contribution in [-0.2, 0) is 9.53 Å². The Labute approximate surface area is 161 Å². The molecule has 1 saturated heterocycles. The molecule has 1 rings (SSSR count).